The average Bonchev–Trinajstić information content (AvgIpc) is 3.21. The monoisotopic (exact) mass is 493 g/mol. The first-order chi connectivity index (χ1) is 16.1. The lowest BCUT2D eigenvalue weighted by atomic mass is 10.0. The number of methoxy groups -OCH3 is 1. The van der Waals surface area contributed by atoms with E-state index in [0.29, 0.717) is 22.6 Å². The molecule has 0 radical (unpaired) electrons. The topological polar surface area (TPSA) is 119 Å². The molecule has 0 aliphatic carbocycles. The minimum Gasteiger partial charge on any atom is -0.479 e. The number of hydrogen-bond donors (Lipinski definition) is 2. The zero-order valence-electron chi connectivity index (χ0n) is 18.0. The molecule has 1 amide bonds. The normalized spacial score (nSPS) is 14.0. The van der Waals surface area contributed by atoms with Gasteiger partial charge in [-0.05, 0) is 42.3 Å². The number of ether oxygens (including phenoxy) is 1. The number of benzene rings is 1. The van der Waals surface area contributed by atoms with Gasteiger partial charge in [-0.1, -0.05) is 0 Å². The van der Waals surface area contributed by atoms with Crippen LogP contribution in [0, 0.1) is 0 Å². The lowest BCUT2D eigenvalue weighted by molar-refractivity contribution is -0.137. The van der Waals surface area contributed by atoms with Crippen molar-refractivity contribution in [2.45, 2.75) is 32.2 Å². The van der Waals surface area contributed by atoms with Crippen LogP contribution in [0.2, 0.25) is 5.28 Å². The SMILES string of the molecule is COc1nccnc1C(=O)N1Cc2nc(Cl)nc(N[C@H](C)c3cc(N)cc(C(F)(F)F)c3)c2C1. The molecule has 3 aromatic rings. The number of anilines is 2. The van der Waals surface area contributed by atoms with Crippen LogP contribution >= 0.6 is 11.6 Å². The van der Waals surface area contributed by atoms with Crippen molar-refractivity contribution in [2.75, 3.05) is 18.2 Å². The summed E-state index contributed by atoms with van der Waals surface area (Å²) in [5.74, 6) is -0.0368. The zero-order valence-corrected chi connectivity index (χ0v) is 18.8. The number of carbonyl (C=O) groups is 1. The molecule has 0 unspecified atom stereocenters. The Labute approximate surface area is 197 Å². The van der Waals surface area contributed by atoms with E-state index in [0.717, 1.165) is 12.1 Å². The number of amides is 1. The van der Waals surface area contributed by atoms with Crippen molar-refractivity contribution in [1.82, 2.24) is 24.8 Å². The number of halogens is 4. The van der Waals surface area contributed by atoms with Crippen LogP contribution in [0.15, 0.2) is 30.6 Å². The largest absolute Gasteiger partial charge is 0.479 e. The standard InChI is InChI=1S/C21H19ClF3N7O2/c1-10(11-5-12(21(23,24)25)7-13(26)6-11)29-17-14-8-32(9-15(14)30-20(22)31-17)19(33)16-18(34-2)28-4-3-27-16/h3-7,10H,8-9,26H2,1-2H3,(H,29,30,31)/t10-/m1/s1. The molecule has 34 heavy (non-hydrogen) atoms. The maximum atomic E-state index is 13.2. The first-order valence-corrected chi connectivity index (χ1v) is 10.4. The lowest BCUT2D eigenvalue weighted by Crippen LogP contribution is -2.27. The van der Waals surface area contributed by atoms with Gasteiger partial charge in [0.25, 0.3) is 5.91 Å². The maximum absolute atomic E-state index is 13.2. The summed E-state index contributed by atoms with van der Waals surface area (Å²) in [4.78, 5) is 31.0. The fourth-order valence-corrected chi connectivity index (χ4v) is 3.82. The predicted molar refractivity (Wildman–Crippen MR) is 117 cm³/mol. The van der Waals surface area contributed by atoms with Crippen LogP contribution in [0.4, 0.5) is 24.7 Å². The van der Waals surface area contributed by atoms with E-state index in [2.05, 4.69) is 25.3 Å². The lowest BCUT2D eigenvalue weighted by Gasteiger charge is -2.19. The molecular weight excluding hydrogens is 475 g/mol. The second-order valence-electron chi connectivity index (χ2n) is 7.59. The summed E-state index contributed by atoms with van der Waals surface area (Å²) in [5, 5.41) is 3.01. The molecule has 1 atom stereocenters. The van der Waals surface area contributed by atoms with Crippen molar-refractivity contribution in [2.24, 2.45) is 0 Å². The van der Waals surface area contributed by atoms with Gasteiger partial charge in [0.2, 0.25) is 11.2 Å². The van der Waals surface area contributed by atoms with Crippen LogP contribution in [0.1, 0.15) is 45.8 Å². The van der Waals surface area contributed by atoms with Crippen molar-refractivity contribution in [1.29, 1.82) is 0 Å². The molecule has 9 nitrogen and oxygen atoms in total. The summed E-state index contributed by atoms with van der Waals surface area (Å²) < 4.78 is 44.8. The first-order valence-electron chi connectivity index (χ1n) is 10.0. The molecular formula is C21H19ClF3N7O2. The van der Waals surface area contributed by atoms with Gasteiger partial charge in [-0.2, -0.15) is 13.2 Å². The van der Waals surface area contributed by atoms with Crippen molar-refractivity contribution < 1.29 is 22.7 Å². The van der Waals surface area contributed by atoms with E-state index >= 15 is 0 Å². The molecule has 0 fully saturated rings. The fraction of sp³-hybridized carbons (Fsp3) is 0.286. The molecule has 178 valence electrons. The number of carbonyl (C=O) groups excluding carboxylic acids is 1. The van der Waals surface area contributed by atoms with Crippen LogP contribution in [-0.4, -0.2) is 37.9 Å². The highest BCUT2D eigenvalue weighted by atomic mass is 35.5. The third-order valence-corrected chi connectivity index (χ3v) is 5.43. The number of hydrogen-bond acceptors (Lipinski definition) is 8. The predicted octanol–water partition coefficient (Wildman–Crippen LogP) is 3.86. The number of nitrogen functional groups attached to an aromatic ring is 1. The molecule has 0 bridgehead atoms. The first kappa shape index (κ1) is 23.5. The highest BCUT2D eigenvalue weighted by Crippen LogP contribution is 2.35. The zero-order chi connectivity index (χ0) is 24.6. The Hall–Kier alpha value is -3.67. The number of nitrogens with one attached hydrogen (secondary N) is 1. The van der Waals surface area contributed by atoms with Crippen LogP contribution in [0.25, 0.3) is 0 Å². The van der Waals surface area contributed by atoms with E-state index in [1.807, 2.05) is 0 Å². The van der Waals surface area contributed by atoms with Crippen LogP contribution in [0.3, 0.4) is 0 Å². The molecule has 3 N–H and O–H groups in total. The second kappa shape index (κ2) is 8.93. The van der Waals surface area contributed by atoms with Gasteiger partial charge in [0.05, 0.1) is 37.5 Å². The van der Waals surface area contributed by atoms with Gasteiger partial charge in [0.15, 0.2) is 5.69 Å². The van der Waals surface area contributed by atoms with E-state index < -0.39 is 23.7 Å². The Morgan fingerprint density at radius 1 is 1.21 bits per heavy atom. The number of nitrogens with zero attached hydrogens (tertiary/aromatic N) is 5. The smallest absolute Gasteiger partial charge is 0.416 e. The van der Waals surface area contributed by atoms with Gasteiger partial charge >= 0.3 is 6.18 Å². The average molecular weight is 494 g/mol. The van der Waals surface area contributed by atoms with Crippen LogP contribution in [0.5, 0.6) is 5.88 Å². The Bertz CT molecular complexity index is 1260. The summed E-state index contributed by atoms with van der Waals surface area (Å²) in [7, 11) is 1.38. The third-order valence-electron chi connectivity index (χ3n) is 5.26. The Kier molecular flexibility index (Phi) is 6.17. The van der Waals surface area contributed by atoms with Gasteiger partial charge in [0.1, 0.15) is 5.82 Å². The Morgan fingerprint density at radius 3 is 2.65 bits per heavy atom. The summed E-state index contributed by atoms with van der Waals surface area (Å²) >= 11 is 6.08. The van der Waals surface area contributed by atoms with Crippen LogP contribution < -0.4 is 15.8 Å². The second-order valence-corrected chi connectivity index (χ2v) is 7.93. The van der Waals surface area contributed by atoms with Crippen molar-refractivity contribution >= 4 is 29.0 Å². The highest BCUT2D eigenvalue weighted by Gasteiger charge is 2.33. The van der Waals surface area contributed by atoms with E-state index in [4.69, 9.17) is 22.1 Å². The maximum Gasteiger partial charge on any atom is 0.416 e. The summed E-state index contributed by atoms with van der Waals surface area (Å²) in [6.07, 6.45) is -1.75. The van der Waals surface area contributed by atoms with Gasteiger partial charge in [-0.15, -0.1) is 0 Å². The van der Waals surface area contributed by atoms with Crippen molar-refractivity contribution in [3.63, 3.8) is 0 Å². The Morgan fingerprint density at radius 2 is 1.94 bits per heavy atom. The third kappa shape index (κ3) is 4.67. The number of fused-ring (bicyclic) bond motifs is 1. The van der Waals surface area contributed by atoms with Gasteiger partial charge in [-0.25, -0.2) is 19.9 Å². The molecule has 0 saturated heterocycles. The molecule has 2 aromatic heterocycles. The van der Waals surface area contributed by atoms with Gasteiger partial charge < -0.3 is 20.7 Å². The van der Waals surface area contributed by atoms with Gasteiger partial charge in [-0.3, -0.25) is 4.79 Å². The quantitative estimate of drug-likeness (QED) is 0.406. The van der Waals surface area contributed by atoms with Crippen molar-refractivity contribution in [3.8, 4) is 5.88 Å². The van der Waals surface area contributed by atoms with E-state index in [1.54, 1.807) is 6.92 Å². The van der Waals surface area contributed by atoms with Crippen LogP contribution in [-0.2, 0) is 19.3 Å². The number of nitrogens with two attached hydrogens (primary N) is 1. The minimum atomic E-state index is -4.54. The number of alkyl halides is 3. The van der Waals surface area contributed by atoms with Gasteiger partial charge in [0, 0.05) is 23.6 Å². The molecule has 1 aliphatic rings. The summed E-state index contributed by atoms with van der Waals surface area (Å²) in [5.41, 5.74) is 6.28. The fourth-order valence-electron chi connectivity index (χ4n) is 3.64. The van der Waals surface area contributed by atoms with E-state index in [9.17, 15) is 18.0 Å². The Balaban J connectivity index is 1.61. The van der Waals surface area contributed by atoms with Crippen molar-refractivity contribution in [3.05, 3.63) is 64.0 Å². The van der Waals surface area contributed by atoms with E-state index in [-0.39, 0.29) is 35.6 Å². The molecule has 0 spiro atoms. The summed E-state index contributed by atoms with van der Waals surface area (Å²) in [6, 6.07) is 2.74. The number of rotatable bonds is 5. The molecule has 4 rings (SSSR count). The number of aromatic nitrogens is 4. The molecule has 1 aliphatic heterocycles. The molecule has 1 aromatic carbocycles. The highest BCUT2D eigenvalue weighted by molar-refractivity contribution is 6.28. The minimum absolute atomic E-state index is 0.0147. The molecule has 13 heteroatoms. The molecule has 3 heterocycles. The molecule has 0 saturated carbocycles. The van der Waals surface area contributed by atoms with E-state index in [1.165, 1.54) is 30.5 Å². The summed E-state index contributed by atoms with van der Waals surface area (Å²) in [6.45, 7) is 1.93.